The summed E-state index contributed by atoms with van der Waals surface area (Å²) in [5.74, 6) is -0.0850. The van der Waals surface area contributed by atoms with Gasteiger partial charge in [-0.15, -0.1) is 0 Å². The van der Waals surface area contributed by atoms with E-state index in [2.05, 4.69) is 4.98 Å². The maximum atomic E-state index is 12.7. The van der Waals surface area contributed by atoms with Crippen molar-refractivity contribution in [3.63, 3.8) is 0 Å². The van der Waals surface area contributed by atoms with Crippen molar-refractivity contribution in [3.8, 4) is 5.75 Å². The van der Waals surface area contributed by atoms with E-state index in [0.717, 1.165) is 0 Å². The SMILES string of the molecule is COC(=O)c1ccc(OC)c2c(=O)c3ccccc3[nH]c12. The van der Waals surface area contributed by atoms with Gasteiger partial charge in [-0.3, -0.25) is 4.79 Å². The number of rotatable bonds is 2. The first-order valence-corrected chi connectivity index (χ1v) is 6.37. The number of aromatic nitrogens is 1. The highest BCUT2D eigenvalue weighted by Gasteiger charge is 2.17. The second-order valence-electron chi connectivity index (χ2n) is 4.56. The maximum absolute atomic E-state index is 12.7. The lowest BCUT2D eigenvalue weighted by Crippen LogP contribution is -2.10. The van der Waals surface area contributed by atoms with Crippen molar-refractivity contribution in [1.29, 1.82) is 0 Å². The van der Waals surface area contributed by atoms with Gasteiger partial charge in [-0.25, -0.2) is 4.79 Å². The summed E-state index contributed by atoms with van der Waals surface area (Å²) in [5, 5.41) is 0.893. The van der Waals surface area contributed by atoms with Gasteiger partial charge in [-0.05, 0) is 24.3 Å². The number of H-pyrrole nitrogens is 1. The Morgan fingerprint density at radius 1 is 1.10 bits per heavy atom. The van der Waals surface area contributed by atoms with Crippen LogP contribution in [0.5, 0.6) is 5.75 Å². The van der Waals surface area contributed by atoms with E-state index < -0.39 is 5.97 Å². The fraction of sp³-hybridized carbons (Fsp3) is 0.125. The lowest BCUT2D eigenvalue weighted by molar-refractivity contribution is 0.0603. The fourth-order valence-electron chi connectivity index (χ4n) is 2.45. The fourth-order valence-corrected chi connectivity index (χ4v) is 2.45. The molecule has 0 saturated carbocycles. The van der Waals surface area contributed by atoms with Crippen molar-refractivity contribution in [2.45, 2.75) is 0 Å². The van der Waals surface area contributed by atoms with Crippen LogP contribution in [0.3, 0.4) is 0 Å². The summed E-state index contributed by atoms with van der Waals surface area (Å²) in [6.07, 6.45) is 0. The molecule has 0 spiro atoms. The number of nitrogens with one attached hydrogen (secondary N) is 1. The number of carbonyl (C=O) groups excluding carboxylic acids is 1. The highest BCUT2D eigenvalue weighted by Crippen LogP contribution is 2.27. The van der Waals surface area contributed by atoms with Gasteiger partial charge >= 0.3 is 5.97 Å². The summed E-state index contributed by atoms with van der Waals surface area (Å²) in [6, 6.07) is 10.3. The molecule has 3 rings (SSSR count). The Labute approximate surface area is 120 Å². The van der Waals surface area contributed by atoms with Crippen molar-refractivity contribution in [1.82, 2.24) is 4.98 Å². The van der Waals surface area contributed by atoms with E-state index in [9.17, 15) is 9.59 Å². The molecule has 0 fully saturated rings. The minimum Gasteiger partial charge on any atom is -0.496 e. The predicted molar refractivity (Wildman–Crippen MR) is 80.0 cm³/mol. The molecule has 21 heavy (non-hydrogen) atoms. The smallest absolute Gasteiger partial charge is 0.340 e. The second kappa shape index (κ2) is 4.94. The zero-order valence-electron chi connectivity index (χ0n) is 11.6. The monoisotopic (exact) mass is 283 g/mol. The molecule has 5 heteroatoms. The lowest BCUT2D eigenvalue weighted by atomic mass is 10.1. The van der Waals surface area contributed by atoms with E-state index in [0.29, 0.717) is 33.1 Å². The number of pyridine rings is 1. The van der Waals surface area contributed by atoms with Crippen molar-refractivity contribution < 1.29 is 14.3 Å². The van der Waals surface area contributed by atoms with E-state index in [1.165, 1.54) is 14.2 Å². The van der Waals surface area contributed by atoms with Crippen molar-refractivity contribution in [3.05, 3.63) is 52.2 Å². The molecule has 3 aromatic rings. The average Bonchev–Trinajstić information content (AvgIpc) is 2.53. The van der Waals surface area contributed by atoms with Crippen molar-refractivity contribution in [2.75, 3.05) is 14.2 Å². The van der Waals surface area contributed by atoms with Gasteiger partial charge in [0.05, 0.1) is 30.7 Å². The summed E-state index contributed by atoms with van der Waals surface area (Å²) >= 11 is 0. The number of methoxy groups -OCH3 is 2. The third kappa shape index (κ3) is 1.94. The number of para-hydroxylation sites is 1. The molecule has 5 nitrogen and oxygen atoms in total. The van der Waals surface area contributed by atoms with Crippen LogP contribution in [0, 0.1) is 0 Å². The first-order valence-electron chi connectivity index (χ1n) is 6.37. The molecule has 0 aliphatic heterocycles. The Morgan fingerprint density at radius 3 is 2.57 bits per heavy atom. The summed E-state index contributed by atoms with van der Waals surface area (Å²) in [5.41, 5.74) is 1.21. The molecule has 0 bridgehead atoms. The summed E-state index contributed by atoms with van der Waals surface area (Å²) < 4.78 is 10.0. The normalized spacial score (nSPS) is 10.8. The number of hydrogen-bond donors (Lipinski definition) is 1. The molecule has 0 aliphatic rings. The highest BCUT2D eigenvalue weighted by atomic mass is 16.5. The van der Waals surface area contributed by atoms with Crippen LogP contribution in [-0.4, -0.2) is 25.2 Å². The van der Waals surface area contributed by atoms with Gasteiger partial charge in [-0.2, -0.15) is 0 Å². The minimum atomic E-state index is -0.506. The van der Waals surface area contributed by atoms with E-state index in [1.54, 1.807) is 30.3 Å². The standard InChI is InChI=1S/C16H13NO4/c1-20-12-8-7-10(16(19)21-2)14-13(12)15(18)9-5-3-4-6-11(9)17-14/h3-8H,1-2H3,(H,17,18). The van der Waals surface area contributed by atoms with E-state index in [4.69, 9.17) is 9.47 Å². The summed E-state index contributed by atoms with van der Waals surface area (Å²) in [7, 11) is 2.79. The van der Waals surface area contributed by atoms with Crippen LogP contribution >= 0.6 is 0 Å². The van der Waals surface area contributed by atoms with Crippen LogP contribution in [0.2, 0.25) is 0 Å². The maximum Gasteiger partial charge on any atom is 0.340 e. The number of carbonyl (C=O) groups is 1. The molecule has 0 aliphatic carbocycles. The third-order valence-corrected chi connectivity index (χ3v) is 3.45. The predicted octanol–water partition coefficient (Wildman–Crippen LogP) is 2.48. The Balaban J connectivity index is 2.55. The highest BCUT2D eigenvalue weighted by molar-refractivity contribution is 6.07. The number of aromatic amines is 1. The van der Waals surface area contributed by atoms with Crippen LogP contribution in [-0.2, 0) is 4.74 Å². The summed E-state index contributed by atoms with van der Waals surface area (Å²) in [4.78, 5) is 27.7. The van der Waals surface area contributed by atoms with Gasteiger partial charge in [-0.1, -0.05) is 12.1 Å². The van der Waals surface area contributed by atoms with Crippen LogP contribution in [0.15, 0.2) is 41.2 Å². The van der Waals surface area contributed by atoms with Crippen molar-refractivity contribution >= 4 is 27.8 Å². The largest absolute Gasteiger partial charge is 0.496 e. The van der Waals surface area contributed by atoms with Crippen LogP contribution in [0.1, 0.15) is 10.4 Å². The number of esters is 1. The third-order valence-electron chi connectivity index (χ3n) is 3.45. The van der Waals surface area contributed by atoms with E-state index in [-0.39, 0.29) is 5.43 Å². The molecule has 0 unspecified atom stereocenters. The molecular weight excluding hydrogens is 270 g/mol. The van der Waals surface area contributed by atoms with E-state index in [1.807, 2.05) is 6.07 Å². The van der Waals surface area contributed by atoms with Crippen LogP contribution < -0.4 is 10.2 Å². The van der Waals surface area contributed by atoms with Gasteiger partial charge in [0, 0.05) is 10.9 Å². The minimum absolute atomic E-state index is 0.179. The van der Waals surface area contributed by atoms with Crippen molar-refractivity contribution in [2.24, 2.45) is 0 Å². The Kier molecular flexibility index (Phi) is 3.10. The lowest BCUT2D eigenvalue weighted by Gasteiger charge is -2.10. The molecule has 2 aromatic carbocycles. The zero-order chi connectivity index (χ0) is 15.0. The molecule has 1 N–H and O–H groups in total. The number of benzene rings is 2. The first-order chi connectivity index (χ1) is 10.2. The molecule has 0 amide bonds. The van der Waals surface area contributed by atoms with Crippen LogP contribution in [0.4, 0.5) is 0 Å². The quantitative estimate of drug-likeness (QED) is 0.579. The van der Waals surface area contributed by atoms with Gasteiger partial charge in [0.1, 0.15) is 5.75 Å². The topological polar surface area (TPSA) is 68.4 Å². The molecule has 0 saturated heterocycles. The van der Waals surface area contributed by atoms with E-state index >= 15 is 0 Å². The molecule has 0 atom stereocenters. The van der Waals surface area contributed by atoms with Gasteiger partial charge in [0.15, 0.2) is 0 Å². The first kappa shape index (κ1) is 13.2. The Morgan fingerprint density at radius 2 is 1.86 bits per heavy atom. The van der Waals surface area contributed by atoms with Gasteiger partial charge in [0.25, 0.3) is 0 Å². The van der Waals surface area contributed by atoms with Crippen LogP contribution in [0.25, 0.3) is 21.8 Å². The van der Waals surface area contributed by atoms with Gasteiger partial charge < -0.3 is 14.5 Å². The zero-order valence-corrected chi connectivity index (χ0v) is 11.6. The number of ether oxygens (including phenoxy) is 2. The molecular formula is C16H13NO4. The average molecular weight is 283 g/mol. The Bertz CT molecular complexity index is 911. The number of fused-ring (bicyclic) bond motifs is 2. The molecule has 1 heterocycles. The molecule has 1 aromatic heterocycles. The second-order valence-corrected chi connectivity index (χ2v) is 4.56. The molecule has 106 valence electrons. The summed E-state index contributed by atoms with van der Waals surface area (Å²) in [6.45, 7) is 0. The Hall–Kier alpha value is -2.82. The number of hydrogen-bond acceptors (Lipinski definition) is 4. The molecule has 0 radical (unpaired) electrons. The van der Waals surface area contributed by atoms with Gasteiger partial charge in [0.2, 0.25) is 5.43 Å².